The minimum Gasteiger partial charge on any atom is -0.505 e. The van der Waals surface area contributed by atoms with E-state index in [0.717, 1.165) is 0 Å². The zero-order valence-corrected chi connectivity index (χ0v) is 18.2. The van der Waals surface area contributed by atoms with Crippen molar-refractivity contribution in [3.8, 4) is 5.75 Å². The predicted molar refractivity (Wildman–Crippen MR) is 128 cm³/mol. The Kier molecular flexibility index (Phi) is 5.87. The van der Waals surface area contributed by atoms with Crippen LogP contribution in [0.5, 0.6) is 5.75 Å². The lowest BCUT2D eigenvalue weighted by molar-refractivity contribution is -0.121. The number of carbonyl (C=O) groups is 1. The molecule has 0 fully saturated rings. The molecule has 0 aliphatic carbocycles. The molecular formula is C22H17IN4O4. The molecule has 31 heavy (non-hydrogen) atoms. The molecule has 4 aromatic rings. The van der Waals surface area contributed by atoms with E-state index in [0.29, 0.717) is 30.9 Å². The maximum atomic E-state index is 12.8. The van der Waals surface area contributed by atoms with Crippen molar-refractivity contribution >= 4 is 62.2 Å². The Labute approximate surface area is 189 Å². The highest BCUT2D eigenvalue weighted by atomic mass is 127. The number of rotatable bonds is 5. The molecule has 0 radical (unpaired) electrons. The molecule has 0 saturated carbocycles. The summed E-state index contributed by atoms with van der Waals surface area (Å²) in [6.45, 7) is -0.0325. The van der Waals surface area contributed by atoms with Crippen LogP contribution in [0.25, 0.3) is 21.8 Å². The van der Waals surface area contributed by atoms with Gasteiger partial charge in [-0.05, 0) is 64.6 Å². The van der Waals surface area contributed by atoms with E-state index in [1.807, 2.05) is 52.3 Å². The maximum Gasteiger partial charge on any atom is 0.260 e. The quantitative estimate of drug-likeness (QED) is 0.104. The summed E-state index contributed by atoms with van der Waals surface area (Å²) in [5.41, 5.74) is 6.35. The molecule has 4 N–H and O–H groups in total. The number of aromatic nitrogens is 1. The zero-order chi connectivity index (χ0) is 22.0. The zero-order valence-electron chi connectivity index (χ0n) is 16.0. The summed E-state index contributed by atoms with van der Waals surface area (Å²) in [7, 11) is 0. The Balaban J connectivity index is 1.62. The average Bonchev–Trinajstić information content (AvgIpc) is 2.79. The van der Waals surface area contributed by atoms with Gasteiger partial charge in [-0.15, -0.1) is 0 Å². The second kappa shape index (κ2) is 8.74. The highest BCUT2D eigenvalue weighted by Gasteiger charge is 2.12. The Morgan fingerprint density at radius 1 is 1.06 bits per heavy atom. The van der Waals surface area contributed by atoms with Gasteiger partial charge in [-0.3, -0.25) is 20.3 Å². The molecule has 8 nitrogen and oxygen atoms in total. The number of hydrogen-bond donors (Lipinski definition) is 4. The van der Waals surface area contributed by atoms with Gasteiger partial charge in [-0.25, -0.2) is 5.43 Å². The maximum absolute atomic E-state index is 12.8. The van der Waals surface area contributed by atoms with Crippen molar-refractivity contribution in [2.75, 3.05) is 5.48 Å². The minimum absolute atomic E-state index is 0.0325. The van der Waals surface area contributed by atoms with Crippen LogP contribution in [0.4, 0.5) is 5.69 Å². The first-order chi connectivity index (χ1) is 15.0. The largest absolute Gasteiger partial charge is 0.505 e. The lowest BCUT2D eigenvalue weighted by Crippen LogP contribution is -2.25. The summed E-state index contributed by atoms with van der Waals surface area (Å²) >= 11 is 1.92. The third-order valence-electron chi connectivity index (χ3n) is 4.79. The van der Waals surface area contributed by atoms with Gasteiger partial charge in [-0.1, -0.05) is 24.3 Å². The molecule has 0 saturated heterocycles. The van der Waals surface area contributed by atoms with E-state index in [-0.39, 0.29) is 29.3 Å². The van der Waals surface area contributed by atoms with Crippen molar-refractivity contribution in [3.63, 3.8) is 0 Å². The van der Waals surface area contributed by atoms with E-state index in [2.05, 4.69) is 10.5 Å². The Morgan fingerprint density at radius 2 is 1.68 bits per heavy atom. The van der Waals surface area contributed by atoms with Gasteiger partial charge in [0.25, 0.3) is 5.91 Å². The SMILES string of the molecule is O=C(Cn1c2ccccc2c(=O)c2ccccc21)N/N=C/c1cc(I)c(O)c(NO)c1. The summed E-state index contributed by atoms with van der Waals surface area (Å²) in [5, 5.41) is 24.0. The van der Waals surface area contributed by atoms with Crippen LogP contribution in [-0.4, -0.2) is 27.0 Å². The van der Waals surface area contributed by atoms with Crippen LogP contribution in [0.3, 0.4) is 0 Å². The monoisotopic (exact) mass is 528 g/mol. The smallest absolute Gasteiger partial charge is 0.260 e. The first-order valence-corrected chi connectivity index (χ1v) is 10.3. The van der Waals surface area contributed by atoms with Crippen molar-refractivity contribution in [2.45, 2.75) is 6.54 Å². The van der Waals surface area contributed by atoms with Crippen LogP contribution in [-0.2, 0) is 11.3 Å². The number of hydrogen-bond acceptors (Lipinski definition) is 6. The normalized spacial score (nSPS) is 11.3. The Hall–Kier alpha value is -3.44. The van der Waals surface area contributed by atoms with Gasteiger partial charge in [0, 0.05) is 10.8 Å². The van der Waals surface area contributed by atoms with Crippen LogP contribution in [0.15, 0.2) is 70.6 Å². The van der Waals surface area contributed by atoms with E-state index in [4.69, 9.17) is 5.21 Å². The van der Waals surface area contributed by atoms with Crippen molar-refractivity contribution in [2.24, 2.45) is 5.10 Å². The van der Waals surface area contributed by atoms with Crippen LogP contribution in [0, 0.1) is 3.57 Å². The van der Waals surface area contributed by atoms with Crippen molar-refractivity contribution in [3.05, 3.63) is 80.0 Å². The number of para-hydroxylation sites is 2. The van der Waals surface area contributed by atoms with E-state index in [1.54, 1.807) is 34.9 Å². The van der Waals surface area contributed by atoms with Gasteiger partial charge in [-0.2, -0.15) is 5.10 Å². The number of pyridine rings is 1. The Morgan fingerprint density at radius 3 is 2.29 bits per heavy atom. The third-order valence-corrected chi connectivity index (χ3v) is 5.61. The van der Waals surface area contributed by atoms with E-state index >= 15 is 0 Å². The average molecular weight is 528 g/mol. The lowest BCUT2D eigenvalue weighted by atomic mass is 10.1. The molecular weight excluding hydrogens is 511 g/mol. The van der Waals surface area contributed by atoms with E-state index < -0.39 is 0 Å². The van der Waals surface area contributed by atoms with Gasteiger partial charge in [0.1, 0.15) is 12.2 Å². The van der Waals surface area contributed by atoms with Crippen LogP contribution >= 0.6 is 22.6 Å². The molecule has 1 aromatic heterocycles. The molecule has 3 aromatic carbocycles. The summed E-state index contributed by atoms with van der Waals surface area (Å²) < 4.78 is 2.30. The number of fused-ring (bicyclic) bond motifs is 2. The Bertz CT molecular complexity index is 1340. The van der Waals surface area contributed by atoms with E-state index in [1.165, 1.54) is 12.3 Å². The molecule has 1 amide bonds. The molecule has 9 heteroatoms. The number of amides is 1. The lowest BCUT2D eigenvalue weighted by Gasteiger charge is -2.14. The number of aromatic hydroxyl groups is 1. The van der Waals surface area contributed by atoms with Gasteiger partial charge in [0.2, 0.25) is 0 Å². The molecule has 0 aliphatic rings. The molecule has 4 rings (SSSR count). The molecule has 0 unspecified atom stereocenters. The van der Waals surface area contributed by atoms with Crippen LogP contribution in [0.1, 0.15) is 5.56 Å². The number of hydrazone groups is 1. The van der Waals surface area contributed by atoms with Crippen molar-refractivity contribution in [1.29, 1.82) is 0 Å². The minimum atomic E-state index is -0.371. The summed E-state index contributed by atoms with van der Waals surface area (Å²) in [4.78, 5) is 25.4. The molecule has 0 bridgehead atoms. The number of phenolic OH excluding ortho intramolecular Hbond substituents is 1. The predicted octanol–water partition coefficient (Wildman–Crippen LogP) is 3.42. The third kappa shape index (κ3) is 4.09. The highest BCUT2D eigenvalue weighted by molar-refractivity contribution is 14.1. The van der Waals surface area contributed by atoms with Crippen molar-refractivity contribution < 1.29 is 15.1 Å². The fourth-order valence-electron chi connectivity index (χ4n) is 3.38. The number of benzene rings is 3. The number of nitrogens with one attached hydrogen (secondary N) is 2. The molecule has 0 spiro atoms. The standard InChI is InChI=1S/C22H17IN4O4/c23-16-9-13(10-17(26-31)22(16)30)11-24-25-20(28)12-27-18-7-3-1-5-14(18)21(29)15-6-2-4-8-19(15)27/h1-11,26,30-31H,12H2,(H,25,28)/b24-11+. The summed E-state index contributed by atoms with van der Waals surface area (Å²) in [6, 6.07) is 17.5. The van der Waals surface area contributed by atoms with E-state index in [9.17, 15) is 14.7 Å². The second-order valence-corrected chi connectivity index (χ2v) is 7.92. The van der Waals surface area contributed by atoms with Crippen LogP contribution in [0.2, 0.25) is 0 Å². The van der Waals surface area contributed by atoms with Crippen molar-refractivity contribution in [1.82, 2.24) is 9.99 Å². The second-order valence-electron chi connectivity index (χ2n) is 6.75. The molecule has 0 atom stereocenters. The molecule has 156 valence electrons. The number of halogens is 1. The topological polar surface area (TPSA) is 116 Å². The van der Waals surface area contributed by atoms with Gasteiger partial charge in [0.15, 0.2) is 11.2 Å². The summed E-state index contributed by atoms with van der Waals surface area (Å²) in [6.07, 6.45) is 1.40. The number of phenols is 1. The number of nitrogens with zero attached hydrogens (tertiary/aromatic N) is 2. The fourth-order valence-corrected chi connectivity index (χ4v) is 4.03. The number of anilines is 1. The first-order valence-electron chi connectivity index (χ1n) is 9.24. The van der Waals surface area contributed by atoms with Gasteiger partial charge >= 0.3 is 0 Å². The fraction of sp³-hybridized carbons (Fsp3) is 0.0455. The summed E-state index contributed by atoms with van der Waals surface area (Å²) in [5.74, 6) is -0.453. The first kappa shape index (κ1) is 20.8. The van der Waals surface area contributed by atoms with Gasteiger partial charge < -0.3 is 9.67 Å². The van der Waals surface area contributed by atoms with Gasteiger partial charge in [0.05, 0.1) is 20.8 Å². The number of carbonyl (C=O) groups excluding carboxylic acids is 1. The van der Waals surface area contributed by atoms with Crippen LogP contribution < -0.4 is 16.3 Å². The molecule has 0 aliphatic heterocycles. The highest BCUT2D eigenvalue weighted by Crippen LogP contribution is 2.29. The molecule has 1 heterocycles.